The van der Waals surface area contributed by atoms with Crippen LogP contribution >= 0.6 is 0 Å². The molecule has 3 heterocycles. The van der Waals surface area contributed by atoms with E-state index < -0.39 is 0 Å². The Kier molecular flexibility index (Phi) is 3.06. The van der Waals surface area contributed by atoms with Gasteiger partial charge in [0.1, 0.15) is 0 Å². The maximum Gasteiger partial charge on any atom is 0.257 e. The Morgan fingerprint density at radius 2 is 2.20 bits per heavy atom. The third-order valence-electron chi connectivity index (χ3n) is 3.83. The second kappa shape index (κ2) is 4.75. The van der Waals surface area contributed by atoms with Crippen LogP contribution in [0.5, 0.6) is 0 Å². The Balaban J connectivity index is 1.84. The Hall–Kier alpha value is -2.15. The Morgan fingerprint density at radius 1 is 1.40 bits per heavy atom. The lowest BCUT2D eigenvalue weighted by molar-refractivity contribution is 0.241. The Bertz CT molecular complexity index is 682. The van der Waals surface area contributed by atoms with Crippen molar-refractivity contribution < 1.29 is 0 Å². The normalized spacial score (nSPS) is 15.3. The van der Waals surface area contributed by atoms with Crippen LogP contribution in [0.3, 0.4) is 0 Å². The van der Waals surface area contributed by atoms with E-state index in [1.807, 2.05) is 13.8 Å². The number of fused-ring (bicyclic) bond motifs is 1. The molecule has 2 aromatic rings. The summed E-state index contributed by atoms with van der Waals surface area (Å²) in [6.45, 7) is 6.26. The van der Waals surface area contributed by atoms with Gasteiger partial charge in [0.05, 0.1) is 17.0 Å². The molecule has 0 aliphatic carbocycles. The van der Waals surface area contributed by atoms with Crippen LogP contribution in [0.15, 0.2) is 4.79 Å². The number of anilines is 1. The van der Waals surface area contributed by atoms with Crippen LogP contribution in [0.25, 0.3) is 0 Å². The van der Waals surface area contributed by atoms with Gasteiger partial charge in [0, 0.05) is 37.3 Å². The van der Waals surface area contributed by atoms with Gasteiger partial charge in [-0.2, -0.15) is 5.10 Å². The van der Waals surface area contributed by atoms with Crippen LogP contribution in [0, 0.1) is 13.8 Å². The maximum atomic E-state index is 11.9. The Labute approximate surface area is 116 Å². The van der Waals surface area contributed by atoms with E-state index in [0.717, 1.165) is 42.2 Å². The van der Waals surface area contributed by atoms with E-state index in [4.69, 9.17) is 5.73 Å². The van der Waals surface area contributed by atoms with Crippen LogP contribution in [0.4, 0.5) is 5.95 Å². The van der Waals surface area contributed by atoms with Crippen LogP contribution in [-0.2, 0) is 19.5 Å². The van der Waals surface area contributed by atoms with Crippen molar-refractivity contribution in [3.8, 4) is 0 Å². The van der Waals surface area contributed by atoms with Crippen molar-refractivity contribution in [2.45, 2.75) is 33.4 Å². The summed E-state index contributed by atoms with van der Waals surface area (Å²) in [4.78, 5) is 21.0. The van der Waals surface area contributed by atoms with Gasteiger partial charge in [0.25, 0.3) is 5.56 Å². The lowest BCUT2D eigenvalue weighted by Gasteiger charge is -2.27. The van der Waals surface area contributed by atoms with Crippen molar-refractivity contribution in [1.29, 1.82) is 0 Å². The molecule has 0 bridgehead atoms. The number of H-pyrrole nitrogens is 2. The van der Waals surface area contributed by atoms with Gasteiger partial charge in [-0.1, -0.05) is 0 Å². The molecular formula is C13H18N6O. The minimum Gasteiger partial charge on any atom is -0.369 e. The molecule has 0 radical (unpaired) electrons. The monoisotopic (exact) mass is 274 g/mol. The summed E-state index contributed by atoms with van der Waals surface area (Å²) in [5, 5.41) is 7.20. The summed E-state index contributed by atoms with van der Waals surface area (Å²) in [6, 6.07) is 0. The molecule has 0 amide bonds. The smallest absolute Gasteiger partial charge is 0.257 e. The number of nitrogen functional groups attached to an aromatic ring is 1. The molecule has 106 valence electrons. The zero-order valence-electron chi connectivity index (χ0n) is 11.7. The average Bonchev–Trinajstić information content (AvgIpc) is 2.71. The number of hydrogen-bond donors (Lipinski definition) is 3. The highest BCUT2D eigenvalue weighted by Crippen LogP contribution is 2.19. The maximum absolute atomic E-state index is 11.9. The van der Waals surface area contributed by atoms with E-state index >= 15 is 0 Å². The molecule has 7 heteroatoms. The zero-order valence-corrected chi connectivity index (χ0v) is 11.7. The number of nitrogens with two attached hydrogens (primary N) is 1. The highest BCUT2D eigenvalue weighted by atomic mass is 16.1. The lowest BCUT2D eigenvalue weighted by atomic mass is 10.1. The fraction of sp³-hybridized carbons (Fsp3) is 0.462. The van der Waals surface area contributed by atoms with E-state index in [2.05, 4.69) is 25.1 Å². The summed E-state index contributed by atoms with van der Waals surface area (Å²) in [6.07, 6.45) is 0.749. The Morgan fingerprint density at radius 3 is 2.90 bits per heavy atom. The molecule has 2 aromatic heterocycles. The second-order valence-electron chi connectivity index (χ2n) is 5.25. The molecule has 0 saturated heterocycles. The predicted octanol–water partition coefficient (Wildman–Crippen LogP) is 0.250. The minimum atomic E-state index is -0.127. The minimum absolute atomic E-state index is 0.127. The number of rotatable bonds is 2. The summed E-state index contributed by atoms with van der Waals surface area (Å²) in [7, 11) is 0. The summed E-state index contributed by atoms with van der Waals surface area (Å²) >= 11 is 0. The fourth-order valence-corrected chi connectivity index (χ4v) is 2.67. The first-order valence-corrected chi connectivity index (χ1v) is 6.65. The van der Waals surface area contributed by atoms with Gasteiger partial charge in [-0.3, -0.25) is 19.8 Å². The first kappa shape index (κ1) is 12.9. The van der Waals surface area contributed by atoms with Crippen LogP contribution in [0.1, 0.15) is 28.2 Å². The van der Waals surface area contributed by atoms with Gasteiger partial charge in [-0.25, -0.2) is 4.98 Å². The van der Waals surface area contributed by atoms with Gasteiger partial charge < -0.3 is 5.73 Å². The number of hydrogen-bond acceptors (Lipinski definition) is 5. The number of nitrogens with one attached hydrogen (secondary N) is 2. The van der Waals surface area contributed by atoms with Crippen molar-refractivity contribution in [2.75, 3.05) is 12.3 Å². The van der Waals surface area contributed by atoms with Crippen LogP contribution < -0.4 is 11.3 Å². The first-order chi connectivity index (χ1) is 9.54. The molecule has 20 heavy (non-hydrogen) atoms. The third kappa shape index (κ3) is 2.20. The molecule has 0 aromatic carbocycles. The molecule has 0 spiro atoms. The predicted molar refractivity (Wildman–Crippen MR) is 75.1 cm³/mol. The molecule has 7 nitrogen and oxygen atoms in total. The molecule has 0 saturated carbocycles. The largest absolute Gasteiger partial charge is 0.369 e. The molecule has 1 aliphatic rings. The van der Waals surface area contributed by atoms with E-state index in [1.165, 1.54) is 5.56 Å². The summed E-state index contributed by atoms with van der Waals surface area (Å²) < 4.78 is 0. The first-order valence-electron chi connectivity index (χ1n) is 6.65. The van der Waals surface area contributed by atoms with E-state index in [-0.39, 0.29) is 11.5 Å². The van der Waals surface area contributed by atoms with Crippen molar-refractivity contribution in [1.82, 2.24) is 25.1 Å². The van der Waals surface area contributed by atoms with E-state index in [9.17, 15) is 4.79 Å². The van der Waals surface area contributed by atoms with Crippen molar-refractivity contribution in [2.24, 2.45) is 0 Å². The topological polar surface area (TPSA) is 104 Å². The highest BCUT2D eigenvalue weighted by Gasteiger charge is 2.22. The van der Waals surface area contributed by atoms with Crippen LogP contribution in [0.2, 0.25) is 0 Å². The van der Waals surface area contributed by atoms with Crippen LogP contribution in [-0.4, -0.2) is 31.6 Å². The average molecular weight is 274 g/mol. The number of aromatic nitrogens is 4. The highest BCUT2D eigenvalue weighted by molar-refractivity contribution is 5.28. The zero-order chi connectivity index (χ0) is 14.3. The number of nitrogens with zero attached hydrogens (tertiary/aromatic N) is 3. The van der Waals surface area contributed by atoms with Gasteiger partial charge in [0.15, 0.2) is 0 Å². The van der Waals surface area contributed by atoms with Gasteiger partial charge >= 0.3 is 0 Å². The standard InChI is InChI=1S/C13H18N6O/c1-7-9(8(2)18-17-7)5-19-4-3-11-10(6-19)12(20)16-13(14)15-11/h3-6H2,1-2H3,(H,17,18)(H3,14,15,16,20). The molecule has 0 atom stereocenters. The molecule has 4 N–H and O–H groups in total. The SMILES string of the molecule is Cc1n[nH]c(C)c1CN1CCc2nc(N)[nH]c(=O)c2C1. The molecule has 3 rings (SSSR count). The van der Waals surface area contributed by atoms with Crippen molar-refractivity contribution in [3.63, 3.8) is 0 Å². The molecule has 0 unspecified atom stereocenters. The van der Waals surface area contributed by atoms with E-state index in [1.54, 1.807) is 0 Å². The van der Waals surface area contributed by atoms with Gasteiger partial charge in [-0.15, -0.1) is 0 Å². The molecular weight excluding hydrogens is 256 g/mol. The lowest BCUT2D eigenvalue weighted by Crippen LogP contribution is -2.35. The fourth-order valence-electron chi connectivity index (χ4n) is 2.67. The van der Waals surface area contributed by atoms with Gasteiger partial charge in [0.2, 0.25) is 5.95 Å². The number of aryl methyl sites for hydroxylation is 2. The van der Waals surface area contributed by atoms with E-state index in [0.29, 0.717) is 6.54 Å². The van der Waals surface area contributed by atoms with Gasteiger partial charge in [-0.05, 0) is 13.8 Å². The second-order valence-corrected chi connectivity index (χ2v) is 5.25. The quantitative estimate of drug-likeness (QED) is 0.728. The molecule has 1 aliphatic heterocycles. The van der Waals surface area contributed by atoms with Crippen molar-refractivity contribution >= 4 is 5.95 Å². The third-order valence-corrected chi connectivity index (χ3v) is 3.83. The summed E-state index contributed by atoms with van der Waals surface area (Å²) in [5.41, 5.74) is 10.3. The summed E-state index contributed by atoms with van der Waals surface area (Å²) in [5.74, 6) is 0.198. The number of aromatic amines is 2. The van der Waals surface area contributed by atoms with Crippen molar-refractivity contribution in [3.05, 3.63) is 38.6 Å². The molecule has 0 fully saturated rings.